The molecule has 8 heteroatoms. The van der Waals surface area contributed by atoms with E-state index in [1.54, 1.807) is 0 Å². The van der Waals surface area contributed by atoms with E-state index in [9.17, 15) is 14.0 Å². The van der Waals surface area contributed by atoms with Crippen molar-refractivity contribution in [1.82, 2.24) is 4.98 Å². The number of hydrogen-bond acceptors (Lipinski definition) is 5. The van der Waals surface area contributed by atoms with Gasteiger partial charge in [-0.25, -0.2) is 9.37 Å². The van der Waals surface area contributed by atoms with Crippen molar-refractivity contribution in [1.29, 1.82) is 0 Å². The molecule has 6 atom stereocenters. The van der Waals surface area contributed by atoms with Gasteiger partial charge in [-0.15, -0.1) is 11.3 Å². The second kappa shape index (κ2) is 7.27. The summed E-state index contributed by atoms with van der Waals surface area (Å²) in [4.78, 5) is 30.8. The Morgan fingerprint density at radius 1 is 1.35 bits per heavy atom. The molecule has 1 amide bonds. The van der Waals surface area contributed by atoms with Crippen LogP contribution in [0.15, 0.2) is 18.2 Å². The molecule has 2 aromatic rings. The Bertz CT molecular complexity index is 1090. The molecule has 164 valence electrons. The lowest BCUT2D eigenvalue weighted by atomic mass is 9.54. The van der Waals surface area contributed by atoms with Crippen molar-refractivity contribution >= 4 is 39.9 Å². The molecule has 0 radical (unpaired) electrons. The van der Waals surface area contributed by atoms with E-state index in [0.29, 0.717) is 5.13 Å². The van der Waals surface area contributed by atoms with Crippen LogP contribution in [0.2, 0.25) is 5.02 Å². The predicted octanol–water partition coefficient (Wildman–Crippen LogP) is 5.44. The fourth-order valence-corrected chi connectivity index (χ4v) is 7.38. The van der Waals surface area contributed by atoms with Gasteiger partial charge in [-0.2, -0.15) is 0 Å². The van der Waals surface area contributed by atoms with E-state index < -0.39 is 5.82 Å². The highest BCUT2D eigenvalue weighted by atomic mass is 35.5. The van der Waals surface area contributed by atoms with E-state index in [0.717, 1.165) is 25.0 Å². The topological polar surface area (TPSA) is 68.3 Å². The molecular weight excluding hydrogens is 439 g/mol. The lowest BCUT2D eigenvalue weighted by Gasteiger charge is -2.51. The first kappa shape index (κ1) is 20.9. The summed E-state index contributed by atoms with van der Waals surface area (Å²) < 4.78 is 19.3. The summed E-state index contributed by atoms with van der Waals surface area (Å²) in [5.74, 6) is -0.445. The van der Waals surface area contributed by atoms with Gasteiger partial charge >= 0.3 is 5.97 Å². The van der Waals surface area contributed by atoms with Crippen molar-refractivity contribution in [3.05, 3.63) is 45.2 Å². The molecule has 31 heavy (non-hydrogen) atoms. The normalized spacial score (nSPS) is 33.8. The van der Waals surface area contributed by atoms with Gasteiger partial charge in [-0.1, -0.05) is 32.4 Å². The number of carbonyl (C=O) groups is 2. The van der Waals surface area contributed by atoms with Crippen LogP contribution in [-0.4, -0.2) is 23.0 Å². The highest BCUT2D eigenvalue weighted by Crippen LogP contribution is 2.59. The molecule has 2 aliphatic carbocycles. The van der Waals surface area contributed by atoms with E-state index in [4.69, 9.17) is 21.3 Å². The van der Waals surface area contributed by atoms with Crippen molar-refractivity contribution in [3.8, 4) is 0 Å². The lowest BCUT2D eigenvalue weighted by Crippen LogP contribution is -2.50. The van der Waals surface area contributed by atoms with E-state index in [1.807, 2.05) is 6.92 Å². The van der Waals surface area contributed by atoms with Crippen LogP contribution in [0.3, 0.4) is 0 Å². The number of fused-ring (bicyclic) bond motifs is 4. The number of benzene rings is 1. The van der Waals surface area contributed by atoms with Crippen LogP contribution in [0.5, 0.6) is 0 Å². The lowest BCUT2D eigenvalue weighted by molar-refractivity contribution is -0.149. The quantitative estimate of drug-likeness (QED) is 0.603. The predicted molar refractivity (Wildman–Crippen MR) is 117 cm³/mol. The standard InChI is InChI=1S/C23H24ClFN2O3S/c1-10-13-6-7-23(3)9-16-18(11(2)17(23)19(13)30-21(10)29)26-22(31-16)27-20(28)12-4-5-15(25)14(24)8-12/h4-5,8,10-11,13,17,19H,6-7,9H2,1-3H3,(H,26,27,28)/t10-,11-,13-,17+,19-,23+/m0/s1. The maximum atomic E-state index is 13.4. The Kier molecular flexibility index (Phi) is 4.90. The van der Waals surface area contributed by atoms with E-state index in [2.05, 4.69) is 19.2 Å². The second-order valence-electron chi connectivity index (χ2n) is 9.45. The van der Waals surface area contributed by atoms with Gasteiger partial charge in [0.05, 0.1) is 16.6 Å². The number of carbonyl (C=O) groups excluding carboxylic acids is 2. The third-order valence-electron chi connectivity index (χ3n) is 7.56. The third kappa shape index (κ3) is 3.28. The van der Waals surface area contributed by atoms with Gasteiger partial charge in [0.2, 0.25) is 0 Å². The Hall–Kier alpha value is -1.99. The van der Waals surface area contributed by atoms with E-state index in [-0.39, 0.29) is 57.7 Å². The van der Waals surface area contributed by atoms with Gasteiger partial charge in [0, 0.05) is 28.2 Å². The first-order chi connectivity index (χ1) is 14.7. The molecular formula is C23H24ClFN2O3S. The summed E-state index contributed by atoms with van der Waals surface area (Å²) in [6.07, 6.45) is 2.85. The number of amides is 1. The van der Waals surface area contributed by atoms with Gasteiger partial charge in [-0.3, -0.25) is 14.9 Å². The van der Waals surface area contributed by atoms with Crippen molar-refractivity contribution < 1.29 is 18.7 Å². The van der Waals surface area contributed by atoms with Crippen LogP contribution in [0.4, 0.5) is 9.52 Å². The molecule has 1 aromatic heterocycles. The summed E-state index contributed by atoms with van der Waals surface area (Å²) in [5.41, 5.74) is 1.30. The molecule has 0 unspecified atom stereocenters. The van der Waals surface area contributed by atoms with Gasteiger partial charge in [0.15, 0.2) is 5.13 Å². The Labute approximate surface area is 189 Å². The zero-order chi connectivity index (χ0) is 22.1. The molecule has 5 rings (SSSR count). The minimum Gasteiger partial charge on any atom is -0.461 e. The summed E-state index contributed by atoms with van der Waals surface area (Å²) in [6.45, 7) is 6.43. The smallest absolute Gasteiger partial charge is 0.309 e. The Balaban J connectivity index is 1.42. The number of hydrogen-bond donors (Lipinski definition) is 1. The van der Waals surface area contributed by atoms with Crippen LogP contribution < -0.4 is 5.32 Å². The molecule has 3 aliphatic rings. The van der Waals surface area contributed by atoms with Crippen molar-refractivity contribution in [2.45, 2.75) is 52.1 Å². The number of rotatable bonds is 2. The average Bonchev–Trinajstić information content (AvgIpc) is 3.23. The number of esters is 1. The fraction of sp³-hybridized carbons (Fsp3) is 0.522. The second-order valence-corrected chi connectivity index (χ2v) is 10.9. The van der Waals surface area contributed by atoms with Crippen LogP contribution >= 0.6 is 22.9 Å². The highest BCUT2D eigenvalue weighted by Gasteiger charge is 2.58. The molecule has 1 N–H and O–H groups in total. The SMILES string of the molecule is C[C@@H]1C(=O)O[C@H]2[C@H]1CC[C@]1(C)Cc3sc(NC(=O)c4ccc(F)c(Cl)c4)nc3[C@@H](C)[C@H]21. The zero-order valence-corrected chi connectivity index (χ0v) is 19.1. The molecule has 1 aliphatic heterocycles. The largest absolute Gasteiger partial charge is 0.461 e. The number of nitrogens with one attached hydrogen (secondary N) is 1. The number of ether oxygens (including phenoxy) is 1. The van der Waals surface area contributed by atoms with Crippen LogP contribution in [-0.2, 0) is 16.0 Å². The average molecular weight is 463 g/mol. The maximum absolute atomic E-state index is 13.4. The van der Waals surface area contributed by atoms with Crippen LogP contribution in [0.25, 0.3) is 0 Å². The molecule has 1 aromatic carbocycles. The van der Waals surface area contributed by atoms with Gasteiger partial charge < -0.3 is 4.74 Å². The fourth-order valence-electron chi connectivity index (χ4n) is 5.94. The van der Waals surface area contributed by atoms with Crippen LogP contribution in [0, 0.1) is 29.0 Å². The Morgan fingerprint density at radius 2 is 2.13 bits per heavy atom. The third-order valence-corrected chi connectivity index (χ3v) is 8.84. The summed E-state index contributed by atoms with van der Waals surface area (Å²) in [7, 11) is 0. The highest BCUT2D eigenvalue weighted by molar-refractivity contribution is 7.15. The molecule has 1 saturated carbocycles. The minimum atomic E-state index is -0.562. The Morgan fingerprint density at radius 3 is 2.87 bits per heavy atom. The summed E-state index contributed by atoms with van der Waals surface area (Å²) in [6, 6.07) is 3.89. The van der Waals surface area contributed by atoms with Crippen molar-refractivity contribution in [2.75, 3.05) is 5.32 Å². The zero-order valence-electron chi connectivity index (χ0n) is 17.6. The number of anilines is 1. The molecule has 2 fully saturated rings. The minimum absolute atomic E-state index is 0.0379. The number of aromatic nitrogens is 1. The monoisotopic (exact) mass is 462 g/mol. The van der Waals surface area contributed by atoms with Gasteiger partial charge in [0.1, 0.15) is 11.9 Å². The molecule has 1 saturated heterocycles. The molecule has 0 bridgehead atoms. The van der Waals surface area contributed by atoms with E-state index >= 15 is 0 Å². The molecule has 2 heterocycles. The van der Waals surface area contributed by atoms with E-state index in [1.165, 1.54) is 34.4 Å². The van der Waals surface area contributed by atoms with Crippen molar-refractivity contribution in [3.63, 3.8) is 0 Å². The van der Waals surface area contributed by atoms with Crippen LogP contribution in [0.1, 0.15) is 60.5 Å². The summed E-state index contributed by atoms with van der Waals surface area (Å²) in [5, 5.41) is 3.27. The summed E-state index contributed by atoms with van der Waals surface area (Å²) >= 11 is 7.30. The van der Waals surface area contributed by atoms with Crippen molar-refractivity contribution in [2.24, 2.45) is 23.2 Å². The first-order valence-electron chi connectivity index (χ1n) is 10.6. The van der Waals surface area contributed by atoms with Gasteiger partial charge in [-0.05, 0) is 42.9 Å². The molecule has 5 nitrogen and oxygen atoms in total. The maximum Gasteiger partial charge on any atom is 0.309 e. The molecule has 0 spiro atoms. The van der Waals surface area contributed by atoms with Gasteiger partial charge in [0.25, 0.3) is 5.91 Å². The number of halogens is 2. The number of nitrogens with zero attached hydrogens (tertiary/aromatic N) is 1. The number of thiazole rings is 1. The first-order valence-corrected chi connectivity index (χ1v) is 11.8.